The second-order valence-corrected chi connectivity index (χ2v) is 29.9. The highest BCUT2D eigenvalue weighted by atomic mass is 32.2. The van der Waals surface area contributed by atoms with Crippen LogP contribution in [-0.2, 0) is 58.0 Å². The van der Waals surface area contributed by atoms with E-state index in [1.54, 1.807) is 22.0 Å². The summed E-state index contributed by atoms with van der Waals surface area (Å²) in [5, 5.41) is 6.89. The van der Waals surface area contributed by atoms with E-state index in [2.05, 4.69) is 40.9 Å². The largest absolute Gasteiger partial charge is 0.483 e. The van der Waals surface area contributed by atoms with Gasteiger partial charge in [-0.1, -0.05) is 151 Å². The van der Waals surface area contributed by atoms with E-state index >= 15 is 0 Å². The molecule has 474 valence electrons. The molecule has 4 aliphatic heterocycles. The summed E-state index contributed by atoms with van der Waals surface area (Å²) in [6, 6.07) is -1.76. The number of Topliss-reactive ketones (excluding diaryl/α,β-unsaturated/α-hetero) is 7. The molecule has 0 aromatic carbocycles. The summed E-state index contributed by atoms with van der Waals surface area (Å²) >= 11 is 0. The van der Waals surface area contributed by atoms with Crippen molar-refractivity contribution in [1.29, 1.82) is 0 Å². The van der Waals surface area contributed by atoms with Crippen LogP contribution in [0.1, 0.15) is 215 Å². The molecule has 4 heterocycles. The number of nitrogens with zero attached hydrogens (tertiary/aromatic N) is 3. The van der Waals surface area contributed by atoms with Crippen LogP contribution >= 0.6 is 0 Å². The van der Waals surface area contributed by atoms with Gasteiger partial charge in [0.1, 0.15) is 5.78 Å². The first kappa shape index (κ1) is 71.9. The molecule has 6 fully saturated rings. The topological polar surface area (TPSA) is 261 Å². The molecule has 6 aliphatic rings. The summed E-state index contributed by atoms with van der Waals surface area (Å²) in [6.07, 6.45) is 21.7. The number of sulfonamides is 1. The summed E-state index contributed by atoms with van der Waals surface area (Å²) in [5.74, 6) is -3.84. The fourth-order valence-corrected chi connectivity index (χ4v) is 14.7. The Hall–Kier alpha value is -4.55. The number of carboxylic acid groups (broad SMARTS) is 1. The lowest BCUT2D eigenvalue weighted by Gasteiger charge is -2.35. The van der Waals surface area contributed by atoms with Gasteiger partial charge >= 0.3 is 0 Å². The quantitative estimate of drug-likeness (QED) is 0.0780. The molecule has 0 aromatic rings. The lowest BCUT2D eigenvalue weighted by molar-refractivity contribution is -0.145. The molecule has 84 heavy (non-hydrogen) atoms. The van der Waals surface area contributed by atoms with Crippen LogP contribution in [0.5, 0.6) is 0 Å². The smallest absolute Gasteiger partial charge is 0.290 e. The molecular weight excluding hydrogens is 1090 g/mol. The Kier molecular flexibility index (Phi) is 27.8. The van der Waals surface area contributed by atoms with Crippen LogP contribution in [0.25, 0.3) is 0 Å². The molecule has 2 saturated carbocycles. The summed E-state index contributed by atoms with van der Waals surface area (Å²) in [4.78, 5) is 132. The monoisotopic (exact) mass is 1190 g/mol. The number of piperidine rings is 2. The SMILES string of the molecule is C=CCCC(=O)C(=O)[C@@H]1CCCCCCCCC[C@H](CC(=O)C[C@H](CN(C)S(C)(=O)=O)C(C)(C)C)C(=O)N2C[C@H]3[C@@H]([C@H]2C(=O)C1)C3(C)C.C=CCCC(=O)C(=O)[C@@H]1CCCCCCCCC[C@H](N)C(=O)N2C[C@H]3[C@@H]([C@H]2C(=O)C1)C3(C)C.O=CO. The van der Waals surface area contributed by atoms with Crippen molar-refractivity contribution in [3.8, 4) is 0 Å². The fourth-order valence-electron chi connectivity index (χ4n) is 14.2. The zero-order valence-electron chi connectivity index (χ0n) is 52.7. The van der Waals surface area contributed by atoms with Crippen molar-refractivity contribution in [1.82, 2.24) is 14.1 Å². The van der Waals surface area contributed by atoms with Gasteiger partial charge in [0.05, 0.1) is 24.4 Å². The van der Waals surface area contributed by atoms with Crippen LogP contribution in [0.3, 0.4) is 0 Å². The molecule has 3 N–H and O–H groups in total. The van der Waals surface area contributed by atoms with Gasteiger partial charge in [0, 0.05) is 83.0 Å². The van der Waals surface area contributed by atoms with Crippen LogP contribution in [0.15, 0.2) is 25.3 Å². The Morgan fingerprint density at radius 3 is 1.42 bits per heavy atom. The van der Waals surface area contributed by atoms with Crippen molar-refractivity contribution < 1.29 is 61.5 Å². The van der Waals surface area contributed by atoms with Gasteiger partial charge in [-0.05, 0) is 84.4 Å². The number of hydrogen-bond donors (Lipinski definition) is 2. The standard InChI is InChI=1S/C38H62N2O7S.C27H42N2O4.CH2O2/c1-9-10-20-31(42)35(44)26-18-16-14-12-11-13-15-17-19-27(21-29(41)23-28(37(2,3)4)24-39(7)48(8,46)47)36(45)40-25-30-33(38(30,5)6)34(40)32(43)22-26;1-4-5-15-21(30)25(32)18-13-11-9-7-6-8-10-12-14-20(28)26(33)29-17-19-23(27(19,2)3)24(29)22(31)16-18;2-1-3/h9,26-28,30,33-34H,1,10-25H2,2-8H3;4,18-20,23-24H,1,5-17,28H2,2-3H3;1H,(H,2,3)/t26-,27-,28-,30+,33+,34-;18-,19+,20+,23+,24-;/m11./s1. The van der Waals surface area contributed by atoms with Crippen LogP contribution < -0.4 is 5.73 Å². The van der Waals surface area contributed by atoms with Gasteiger partial charge in [-0.2, -0.15) is 0 Å². The number of ketones is 7. The Bertz CT molecular complexity index is 2460. The minimum absolute atomic E-state index is 0.00629. The maximum atomic E-state index is 14.4. The van der Waals surface area contributed by atoms with Gasteiger partial charge in [-0.15, -0.1) is 13.2 Å². The van der Waals surface area contributed by atoms with Crippen molar-refractivity contribution in [2.75, 3.05) is 32.9 Å². The first-order valence-corrected chi connectivity index (χ1v) is 33.6. The molecule has 18 heteroatoms. The van der Waals surface area contributed by atoms with E-state index in [0.29, 0.717) is 57.5 Å². The van der Waals surface area contributed by atoms with Crippen molar-refractivity contribution in [3.05, 3.63) is 25.3 Å². The maximum Gasteiger partial charge on any atom is 0.290 e. The van der Waals surface area contributed by atoms with Crippen molar-refractivity contribution in [2.24, 2.45) is 69.3 Å². The third-order valence-corrected chi connectivity index (χ3v) is 21.3. The van der Waals surface area contributed by atoms with Gasteiger partial charge in [0.15, 0.2) is 23.1 Å². The number of carbonyl (C=O) groups excluding carboxylic acids is 9. The second kappa shape index (κ2) is 32.4. The predicted octanol–water partition coefficient (Wildman–Crippen LogP) is 9.89. The van der Waals surface area contributed by atoms with E-state index in [-0.39, 0.29) is 121 Å². The molecule has 6 rings (SSSR count). The normalized spacial score (nSPS) is 29.2. The highest BCUT2D eigenvalue weighted by molar-refractivity contribution is 7.88. The molecule has 0 unspecified atom stereocenters. The van der Waals surface area contributed by atoms with Crippen molar-refractivity contribution in [3.63, 3.8) is 0 Å². The van der Waals surface area contributed by atoms with E-state index in [0.717, 1.165) is 96.1 Å². The molecule has 17 nitrogen and oxygen atoms in total. The van der Waals surface area contributed by atoms with E-state index in [1.165, 1.54) is 11.4 Å². The Morgan fingerprint density at radius 1 is 0.667 bits per heavy atom. The minimum Gasteiger partial charge on any atom is -0.483 e. The lowest BCUT2D eigenvalue weighted by Crippen LogP contribution is -2.52. The third-order valence-electron chi connectivity index (χ3n) is 20.0. The molecule has 4 saturated heterocycles. The number of amides is 2. The van der Waals surface area contributed by atoms with E-state index in [4.69, 9.17) is 15.6 Å². The Labute approximate surface area is 503 Å². The molecular formula is C66H106N4O13S. The van der Waals surface area contributed by atoms with Gasteiger partial charge < -0.3 is 20.6 Å². The first-order valence-electron chi connectivity index (χ1n) is 31.7. The number of carbonyl (C=O) groups is 10. The van der Waals surface area contributed by atoms with E-state index in [9.17, 15) is 51.6 Å². The molecule has 2 amide bonds. The third kappa shape index (κ3) is 19.7. The minimum atomic E-state index is -3.42. The average Bonchev–Trinajstić information content (AvgIpc) is 1.55. The Balaban J connectivity index is 0.000000365. The molecule has 0 bridgehead atoms. The van der Waals surface area contributed by atoms with Crippen molar-refractivity contribution in [2.45, 2.75) is 234 Å². The number of hydrogen-bond acceptors (Lipinski definition) is 13. The van der Waals surface area contributed by atoms with Crippen LogP contribution in [-0.4, -0.2) is 137 Å². The molecule has 0 radical (unpaired) electrons. The fraction of sp³-hybridized carbons (Fsp3) is 0.788. The number of rotatable bonds is 17. The molecule has 0 aromatic heterocycles. The number of fused-ring (bicyclic) bond motifs is 6. The van der Waals surface area contributed by atoms with Gasteiger partial charge in [0.25, 0.3) is 6.47 Å². The summed E-state index contributed by atoms with van der Waals surface area (Å²) < 4.78 is 25.6. The lowest BCUT2D eigenvalue weighted by atomic mass is 9.76. The van der Waals surface area contributed by atoms with E-state index < -0.39 is 69.0 Å². The number of allylic oxidation sites excluding steroid dienone is 2. The van der Waals surface area contributed by atoms with Gasteiger partial charge in [-0.25, -0.2) is 12.7 Å². The average molecular weight is 1200 g/mol. The molecule has 2 aliphatic carbocycles. The summed E-state index contributed by atoms with van der Waals surface area (Å²) in [6.45, 7) is 22.8. The second-order valence-electron chi connectivity index (χ2n) is 27.8. The van der Waals surface area contributed by atoms with Gasteiger partial charge in [0.2, 0.25) is 33.4 Å². The highest BCUT2D eigenvalue weighted by Crippen LogP contribution is 2.66. The molecule has 11 atom stereocenters. The summed E-state index contributed by atoms with van der Waals surface area (Å²) in [7, 11) is -1.90. The van der Waals surface area contributed by atoms with Crippen LogP contribution in [0.2, 0.25) is 0 Å². The zero-order chi connectivity index (χ0) is 62.9. The number of nitrogens with two attached hydrogens (primary N) is 1. The maximum absolute atomic E-state index is 14.4. The van der Waals surface area contributed by atoms with E-state index in [1.807, 2.05) is 20.8 Å². The van der Waals surface area contributed by atoms with Crippen LogP contribution in [0.4, 0.5) is 0 Å². The van der Waals surface area contributed by atoms with Gasteiger partial charge in [-0.3, -0.25) is 47.9 Å². The summed E-state index contributed by atoms with van der Waals surface area (Å²) in [5.41, 5.74) is 5.84. The van der Waals surface area contributed by atoms with Crippen molar-refractivity contribution >= 4 is 68.8 Å². The highest BCUT2D eigenvalue weighted by Gasteiger charge is 2.70. The molecule has 0 spiro atoms. The Morgan fingerprint density at radius 2 is 1.04 bits per heavy atom. The first-order chi connectivity index (χ1) is 39.4. The predicted molar refractivity (Wildman–Crippen MR) is 326 cm³/mol. The van der Waals surface area contributed by atoms with Crippen LogP contribution in [0, 0.1) is 63.6 Å². The zero-order valence-corrected chi connectivity index (χ0v) is 53.5.